The van der Waals surface area contributed by atoms with E-state index in [1.807, 2.05) is 48.2 Å². The Kier molecular flexibility index (Phi) is 3.55. The summed E-state index contributed by atoms with van der Waals surface area (Å²) >= 11 is 1.90. The number of thioether (sulfide) groups is 1. The van der Waals surface area contributed by atoms with E-state index in [0.717, 1.165) is 23.5 Å². The smallest absolute Gasteiger partial charge is 0.250 e. The van der Waals surface area contributed by atoms with Gasteiger partial charge in [0.05, 0.1) is 5.25 Å². The molecule has 1 aliphatic rings. The van der Waals surface area contributed by atoms with Crippen LogP contribution in [0.2, 0.25) is 0 Å². The lowest BCUT2D eigenvalue weighted by Gasteiger charge is -1.98. The highest BCUT2D eigenvalue weighted by atomic mass is 32.2. The van der Waals surface area contributed by atoms with Crippen LogP contribution in [-0.2, 0) is 0 Å². The van der Waals surface area contributed by atoms with E-state index >= 15 is 0 Å². The van der Waals surface area contributed by atoms with E-state index in [1.165, 1.54) is 12.2 Å². The average Bonchev–Trinajstić information content (AvgIpc) is 3.09. The first-order chi connectivity index (χ1) is 9.31. The number of hydrogen-bond acceptors (Lipinski definition) is 5. The van der Waals surface area contributed by atoms with Gasteiger partial charge in [0, 0.05) is 11.8 Å². The molecule has 2 heterocycles. The Morgan fingerprint density at radius 1 is 1.26 bits per heavy atom. The van der Waals surface area contributed by atoms with Crippen molar-refractivity contribution in [1.29, 1.82) is 0 Å². The fourth-order valence-electron chi connectivity index (χ4n) is 2.00. The van der Waals surface area contributed by atoms with Gasteiger partial charge >= 0.3 is 0 Å². The Labute approximate surface area is 116 Å². The summed E-state index contributed by atoms with van der Waals surface area (Å²) in [5.74, 6) is 2.56. The van der Waals surface area contributed by atoms with Gasteiger partial charge in [-0.2, -0.15) is 16.7 Å². The maximum Gasteiger partial charge on any atom is 0.250 e. The van der Waals surface area contributed by atoms with Crippen molar-refractivity contribution >= 4 is 29.6 Å². The lowest BCUT2D eigenvalue weighted by molar-refractivity contribution is 0.402. The number of nitrogen functional groups attached to an aromatic ring is 1. The zero-order valence-electron chi connectivity index (χ0n) is 10.5. The van der Waals surface area contributed by atoms with Crippen molar-refractivity contribution < 1.29 is 4.52 Å². The molecule has 2 aromatic rings. The van der Waals surface area contributed by atoms with Crippen LogP contribution in [0.5, 0.6) is 0 Å². The number of hydrogen-bond donors (Lipinski definition) is 1. The van der Waals surface area contributed by atoms with Crippen LogP contribution in [-0.4, -0.2) is 15.9 Å². The second-order valence-electron chi connectivity index (χ2n) is 4.49. The quantitative estimate of drug-likeness (QED) is 0.868. The SMILES string of the molecule is Nc1ccc(/C=C/c2nc(C3CCCS3)no2)cc1. The molecule has 0 radical (unpaired) electrons. The van der Waals surface area contributed by atoms with Gasteiger partial charge in [-0.15, -0.1) is 0 Å². The van der Waals surface area contributed by atoms with E-state index in [2.05, 4.69) is 10.1 Å². The Morgan fingerprint density at radius 2 is 2.11 bits per heavy atom. The van der Waals surface area contributed by atoms with Crippen LogP contribution in [0.3, 0.4) is 0 Å². The maximum atomic E-state index is 5.64. The van der Waals surface area contributed by atoms with Gasteiger partial charge in [0.25, 0.3) is 5.89 Å². The summed E-state index contributed by atoms with van der Waals surface area (Å²) in [4.78, 5) is 4.41. The second-order valence-corrected chi connectivity index (χ2v) is 5.80. The van der Waals surface area contributed by atoms with Crippen molar-refractivity contribution in [2.75, 3.05) is 11.5 Å². The topological polar surface area (TPSA) is 64.9 Å². The first-order valence-corrected chi connectivity index (χ1v) is 7.35. The molecule has 1 unspecified atom stereocenters. The van der Waals surface area contributed by atoms with Crippen molar-refractivity contribution in [2.45, 2.75) is 18.1 Å². The molecule has 0 spiro atoms. The molecule has 0 saturated carbocycles. The lowest BCUT2D eigenvalue weighted by Crippen LogP contribution is -1.90. The minimum Gasteiger partial charge on any atom is -0.399 e. The molecule has 0 aliphatic carbocycles. The summed E-state index contributed by atoms with van der Waals surface area (Å²) in [5, 5.41) is 4.45. The Bertz CT molecular complexity index is 571. The first kappa shape index (κ1) is 12.3. The molecule has 1 fully saturated rings. The maximum absolute atomic E-state index is 5.64. The molecule has 19 heavy (non-hydrogen) atoms. The fourth-order valence-corrected chi connectivity index (χ4v) is 3.20. The molecule has 2 N–H and O–H groups in total. The first-order valence-electron chi connectivity index (χ1n) is 6.30. The summed E-state index contributed by atoms with van der Waals surface area (Å²) in [6.45, 7) is 0. The number of aromatic nitrogens is 2. The van der Waals surface area contributed by atoms with Crippen molar-refractivity contribution in [1.82, 2.24) is 10.1 Å². The van der Waals surface area contributed by atoms with Crippen molar-refractivity contribution in [2.24, 2.45) is 0 Å². The molecule has 0 amide bonds. The molecular formula is C14H15N3OS. The summed E-state index contributed by atoms with van der Waals surface area (Å²) in [5.41, 5.74) is 7.46. The summed E-state index contributed by atoms with van der Waals surface area (Å²) < 4.78 is 5.24. The van der Waals surface area contributed by atoms with Crippen molar-refractivity contribution in [3.8, 4) is 0 Å². The standard InChI is InChI=1S/C14H15N3OS/c15-11-6-3-10(4-7-11)5-8-13-16-14(17-18-13)12-2-1-9-19-12/h3-8,12H,1-2,9,15H2/b8-5+. The van der Waals surface area contributed by atoms with E-state index in [9.17, 15) is 0 Å². The minimum absolute atomic E-state index is 0.405. The van der Waals surface area contributed by atoms with Crippen molar-refractivity contribution in [3.05, 3.63) is 41.5 Å². The molecule has 1 saturated heterocycles. The monoisotopic (exact) mass is 273 g/mol. The van der Waals surface area contributed by atoms with Crippen LogP contribution >= 0.6 is 11.8 Å². The van der Waals surface area contributed by atoms with Crippen LogP contribution in [0.4, 0.5) is 5.69 Å². The molecule has 1 aliphatic heterocycles. The normalized spacial score (nSPS) is 19.3. The third-order valence-electron chi connectivity index (χ3n) is 3.03. The molecule has 4 nitrogen and oxygen atoms in total. The van der Waals surface area contributed by atoms with E-state index < -0.39 is 0 Å². The lowest BCUT2D eigenvalue weighted by atomic mass is 10.2. The number of nitrogens with zero attached hydrogens (tertiary/aromatic N) is 2. The van der Waals surface area contributed by atoms with Gasteiger partial charge in [-0.05, 0) is 42.4 Å². The summed E-state index contributed by atoms with van der Waals surface area (Å²) in [7, 11) is 0. The van der Waals surface area contributed by atoms with E-state index in [1.54, 1.807) is 0 Å². The van der Waals surface area contributed by atoms with Gasteiger partial charge in [0.1, 0.15) is 0 Å². The van der Waals surface area contributed by atoms with Gasteiger partial charge in [0.15, 0.2) is 5.82 Å². The van der Waals surface area contributed by atoms with Gasteiger partial charge in [-0.1, -0.05) is 17.3 Å². The van der Waals surface area contributed by atoms with Crippen molar-refractivity contribution in [3.63, 3.8) is 0 Å². The Hall–Kier alpha value is -1.75. The molecule has 1 aromatic carbocycles. The Balaban J connectivity index is 1.71. The van der Waals surface area contributed by atoms with Crippen LogP contribution in [0, 0.1) is 0 Å². The highest BCUT2D eigenvalue weighted by molar-refractivity contribution is 7.99. The van der Waals surface area contributed by atoms with Crippen LogP contribution in [0.25, 0.3) is 12.2 Å². The molecule has 5 heteroatoms. The number of anilines is 1. The third kappa shape index (κ3) is 2.98. The van der Waals surface area contributed by atoms with E-state index in [4.69, 9.17) is 10.3 Å². The minimum atomic E-state index is 0.405. The molecule has 3 rings (SSSR count). The average molecular weight is 273 g/mol. The highest BCUT2D eigenvalue weighted by Gasteiger charge is 2.22. The van der Waals surface area contributed by atoms with E-state index in [-0.39, 0.29) is 0 Å². The predicted octanol–water partition coefficient (Wildman–Crippen LogP) is 3.39. The molecule has 1 atom stereocenters. The van der Waals surface area contributed by atoms with Crippen LogP contribution < -0.4 is 5.73 Å². The summed E-state index contributed by atoms with van der Waals surface area (Å²) in [6.07, 6.45) is 6.16. The molecular weight excluding hydrogens is 258 g/mol. The molecule has 98 valence electrons. The van der Waals surface area contributed by atoms with Crippen LogP contribution in [0.15, 0.2) is 28.8 Å². The second kappa shape index (κ2) is 5.48. The highest BCUT2D eigenvalue weighted by Crippen LogP contribution is 2.38. The Morgan fingerprint density at radius 3 is 2.84 bits per heavy atom. The number of nitrogens with two attached hydrogens (primary N) is 1. The molecule has 1 aromatic heterocycles. The fraction of sp³-hybridized carbons (Fsp3) is 0.286. The van der Waals surface area contributed by atoms with Gasteiger partial charge < -0.3 is 10.3 Å². The predicted molar refractivity (Wildman–Crippen MR) is 78.5 cm³/mol. The van der Waals surface area contributed by atoms with E-state index in [0.29, 0.717) is 11.1 Å². The van der Waals surface area contributed by atoms with Gasteiger partial charge in [-0.3, -0.25) is 0 Å². The zero-order chi connectivity index (χ0) is 13.1. The van der Waals surface area contributed by atoms with Crippen LogP contribution in [0.1, 0.15) is 35.4 Å². The van der Waals surface area contributed by atoms with Gasteiger partial charge in [-0.25, -0.2) is 0 Å². The largest absolute Gasteiger partial charge is 0.399 e. The number of benzene rings is 1. The van der Waals surface area contributed by atoms with Gasteiger partial charge in [0.2, 0.25) is 0 Å². The third-order valence-corrected chi connectivity index (χ3v) is 4.40. The number of rotatable bonds is 3. The molecule has 0 bridgehead atoms. The summed E-state index contributed by atoms with van der Waals surface area (Å²) in [6, 6.07) is 7.65. The zero-order valence-corrected chi connectivity index (χ0v) is 11.3.